The second-order valence-electron chi connectivity index (χ2n) is 4.12. The Bertz CT molecular complexity index is 823. The Morgan fingerprint density at radius 2 is 1.75 bits per heavy atom. The van der Waals surface area contributed by atoms with E-state index in [-0.39, 0.29) is 11.6 Å². The van der Waals surface area contributed by atoms with Gasteiger partial charge in [-0.3, -0.25) is 0 Å². The first-order chi connectivity index (χ1) is 9.79. The monoisotopic (exact) mass is 262 g/mol. The third kappa shape index (κ3) is 1.99. The van der Waals surface area contributed by atoms with Gasteiger partial charge in [-0.25, -0.2) is 9.97 Å². The fourth-order valence-electron chi connectivity index (χ4n) is 1.96. The molecule has 0 aliphatic carbocycles. The van der Waals surface area contributed by atoms with E-state index in [0.717, 1.165) is 10.8 Å². The van der Waals surface area contributed by atoms with Gasteiger partial charge in [0.25, 0.3) is 5.88 Å². The number of nitrogens with zero attached hydrogens (tertiary/aromatic N) is 3. The Morgan fingerprint density at radius 1 is 1.00 bits per heavy atom. The molecule has 1 aromatic heterocycles. The lowest BCUT2D eigenvalue weighted by Crippen LogP contribution is -1.95. The smallest absolute Gasteiger partial charge is 0.256 e. The number of rotatable bonds is 2. The molecule has 5 nitrogen and oxygen atoms in total. The number of hydrogen-bond acceptors (Lipinski definition) is 5. The quantitative estimate of drug-likeness (QED) is 0.718. The standard InChI is InChI=1S/C15H10N4O/c16-9-13-15(19-8-7-18-13)20-14-6-5-12(17)10-3-1-2-4-11(10)14/h1-8H,17H2. The van der Waals surface area contributed by atoms with Crippen LogP contribution in [-0.4, -0.2) is 9.97 Å². The van der Waals surface area contributed by atoms with E-state index in [9.17, 15) is 0 Å². The predicted molar refractivity (Wildman–Crippen MR) is 75.2 cm³/mol. The minimum Gasteiger partial charge on any atom is -0.436 e. The molecule has 2 N–H and O–H groups in total. The third-order valence-electron chi connectivity index (χ3n) is 2.89. The lowest BCUT2D eigenvalue weighted by atomic mass is 10.1. The minimum absolute atomic E-state index is 0.147. The van der Waals surface area contributed by atoms with Crippen molar-refractivity contribution >= 4 is 16.5 Å². The fourth-order valence-corrected chi connectivity index (χ4v) is 1.96. The Labute approximate surface area is 115 Å². The van der Waals surface area contributed by atoms with Crippen LogP contribution in [0, 0.1) is 11.3 Å². The van der Waals surface area contributed by atoms with Gasteiger partial charge < -0.3 is 10.5 Å². The molecule has 1 heterocycles. The summed E-state index contributed by atoms with van der Waals surface area (Å²) in [6, 6.07) is 13.1. The van der Waals surface area contributed by atoms with Crippen LogP contribution < -0.4 is 10.5 Å². The summed E-state index contributed by atoms with van der Waals surface area (Å²) in [5.74, 6) is 0.775. The normalized spacial score (nSPS) is 10.2. The number of ether oxygens (including phenoxy) is 1. The van der Waals surface area contributed by atoms with Gasteiger partial charge >= 0.3 is 0 Å². The summed E-state index contributed by atoms with van der Waals surface area (Å²) in [5.41, 5.74) is 6.76. The Kier molecular flexibility index (Phi) is 2.90. The Hall–Kier alpha value is -3.13. The topological polar surface area (TPSA) is 84.8 Å². The molecule has 20 heavy (non-hydrogen) atoms. The van der Waals surface area contributed by atoms with Crippen LogP contribution in [0.4, 0.5) is 5.69 Å². The summed E-state index contributed by atoms with van der Waals surface area (Å²) in [6.45, 7) is 0. The first kappa shape index (κ1) is 11.9. The van der Waals surface area contributed by atoms with E-state index in [1.807, 2.05) is 30.3 Å². The maximum Gasteiger partial charge on any atom is 0.256 e. The summed E-state index contributed by atoms with van der Waals surface area (Å²) in [4.78, 5) is 7.95. The van der Waals surface area contributed by atoms with Crippen molar-refractivity contribution in [1.29, 1.82) is 5.26 Å². The lowest BCUT2D eigenvalue weighted by Gasteiger charge is -2.10. The van der Waals surface area contributed by atoms with Crippen molar-refractivity contribution in [3.8, 4) is 17.7 Å². The molecule has 0 aliphatic heterocycles. The van der Waals surface area contributed by atoms with Crippen LogP contribution >= 0.6 is 0 Å². The SMILES string of the molecule is N#Cc1nccnc1Oc1ccc(N)c2ccccc12. The molecule has 0 unspecified atom stereocenters. The summed E-state index contributed by atoms with van der Waals surface area (Å²) < 4.78 is 5.72. The molecule has 96 valence electrons. The number of aromatic nitrogens is 2. The molecule has 0 fully saturated rings. The number of hydrogen-bond donors (Lipinski definition) is 1. The molecular weight excluding hydrogens is 252 g/mol. The van der Waals surface area contributed by atoms with Gasteiger partial charge in [-0.15, -0.1) is 0 Å². The number of nitriles is 1. The zero-order valence-corrected chi connectivity index (χ0v) is 10.4. The van der Waals surface area contributed by atoms with Gasteiger partial charge in [-0.2, -0.15) is 5.26 Å². The second-order valence-corrected chi connectivity index (χ2v) is 4.12. The van der Waals surface area contributed by atoms with Crippen LogP contribution in [0.25, 0.3) is 10.8 Å². The van der Waals surface area contributed by atoms with E-state index in [4.69, 9.17) is 15.7 Å². The summed E-state index contributed by atoms with van der Waals surface area (Å²) in [6.07, 6.45) is 2.93. The van der Waals surface area contributed by atoms with Crippen LogP contribution in [0.5, 0.6) is 11.6 Å². The number of benzene rings is 2. The second kappa shape index (κ2) is 4.86. The fraction of sp³-hybridized carbons (Fsp3) is 0. The molecule has 0 saturated heterocycles. The molecule has 3 aromatic rings. The maximum atomic E-state index is 9.00. The first-order valence-corrected chi connectivity index (χ1v) is 5.96. The van der Waals surface area contributed by atoms with Crippen LogP contribution in [-0.2, 0) is 0 Å². The average molecular weight is 262 g/mol. The summed E-state index contributed by atoms with van der Waals surface area (Å²) in [7, 11) is 0. The molecular formula is C15H10N4O. The van der Waals surface area contributed by atoms with Gasteiger partial charge in [0, 0.05) is 28.9 Å². The van der Waals surface area contributed by atoms with Gasteiger partial charge in [-0.05, 0) is 12.1 Å². The zero-order chi connectivity index (χ0) is 13.9. The van der Waals surface area contributed by atoms with Gasteiger partial charge in [0.05, 0.1) is 0 Å². The molecule has 0 atom stereocenters. The number of nitrogen functional groups attached to an aromatic ring is 1. The number of anilines is 1. The van der Waals surface area contributed by atoms with E-state index in [0.29, 0.717) is 11.4 Å². The minimum atomic E-state index is 0.147. The molecule has 0 spiro atoms. The van der Waals surface area contributed by atoms with Crippen molar-refractivity contribution in [3.63, 3.8) is 0 Å². The van der Waals surface area contributed by atoms with E-state index < -0.39 is 0 Å². The highest BCUT2D eigenvalue weighted by Crippen LogP contribution is 2.32. The highest BCUT2D eigenvalue weighted by Gasteiger charge is 2.10. The number of fused-ring (bicyclic) bond motifs is 1. The predicted octanol–water partition coefficient (Wildman–Crippen LogP) is 2.88. The molecule has 2 aromatic carbocycles. The van der Waals surface area contributed by atoms with Crippen molar-refractivity contribution in [1.82, 2.24) is 9.97 Å². The van der Waals surface area contributed by atoms with Crippen LogP contribution in [0.15, 0.2) is 48.8 Å². The summed E-state index contributed by atoms with van der Waals surface area (Å²) >= 11 is 0. The van der Waals surface area contributed by atoms with Crippen LogP contribution in [0.1, 0.15) is 5.69 Å². The molecule has 3 rings (SSSR count). The van der Waals surface area contributed by atoms with Crippen LogP contribution in [0.3, 0.4) is 0 Å². The summed E-state index contributed by atoms with van der Waals surface area (Å²) in [5, 5.41) is 10.8. The van der Waals surface area contributed by atoms with Gasteiger partial charge in [0.1, 0.15) is 11.8 Å². The van der Waals surface area contributed by atoms with Crippen molar-refractivity contribution in [2.45, 2.75) is 0 Å². The maximum absolute atomic E-state index is 9.00. The molecule has 0 amide bonds. The van der Waals surface area contributed by atoms with Gasteiger partial charge in [-0.1, -0.05) is 24.3 Å². The van der Waals surface area contributed by atoms with E-state index in [1.165, 1.54) is 12.4 Å². The van der Waals surface area contributed by atoms with Crippen molar-refractivity contribution in [3.05, 3.63) is 54.5 Å². The largest absolute Gasteiger partial charge is 0.436 e. The Balaban J connectivity index is 2.12. The zero-order valence-electron chi connectivity index (χ0n) is 10.4. The van der Waals surface area contributed by atoms with Gasteiger partial charge in [0.15, 0.2) is 0 Å². The molecule has 0 saturated carbocycles. The molecule has 0 radical (unpaired) electrons. The molecule has 0 bridgehead atoms. The molecule has 0 aliphatic rings. The lowest BCUT2D eigenvalue weighted by molar-refractivity contribution is 0.463. The first-order valence-electron chi connectivity index (χ1n) is 5.96. The van der Waals surface area contributed by atoms with Crippen molar-refractivity contribution < 1.29 is 4.74 Å². The van der Waals surface area contributed by atoms with Gasteiger partial charge in [0.2, 0.25) is 5.69 Å². The van der Waals surface area contributed by atoms with E-state index in [1.54, 1.807) is 12.1 Å². The van der Waals surface area contributed by atoms with E-state index in [2.05, 4.69) is 9.97 Å². The van der Waals surface area contributed by atoms with Crippen molar-refractivity contribution in [2.24, 2.45) is 0 Å². The Morgan fingerprint density at radius 3 is 2.55 bits per heavy atom. The van der Waals surface area contributed by atoms with Crippen LogP contribution in [0.2, 0.25) is 0 Å². The van der Waals surface area contributed by atoms with Crippen molar-refractivity contribution in [2.75, 3.05) is 5.73 Å². The number of nitrogens with two attached hydrogens (primary N) is 1. The highest BCUT2D eigenvalue weighted by atomic mass is 16.5. The van der Waals surface area contributed by atoms with E-state index >= 15 is 0 Å². The highest BCUT2D eigenvalue weighted by molar-refractivity contribution is 5.97. The molecule has 5 heteroatoms. The average Bonchev–Trinajstić information content (AvgIpc) is 2.51. The third-order valence-corrected chi connectivity index (χ3v) is 2.89.